The maximum Gasteiger partial charge on any atom is 0.420 e. The number of aryl methyl sites for hydroxylation is 2. The maximum atomic E-state index is 12.8. The maximum absolute atomic E-state index is 12.8. The van der Waals surface area contributed by atoms with Crippen molar-refractivity contribution >= 4 is 34.4 Å². The molecule has 0 saturated carbocycles. The van der Waals surface area contributed by atoms with Crippen molar-refractivity contribution < 1.29 is 9.21 Å². The van der Waals surface area contributed by atoms with Gasteiger partial charge in [-0.15, -0.1) is 0 Å². The number of carbonyl (C=O) groups is 1. The monoisotopic (exact) mass is 415 g/mol. The normalized spacial score (nSPS) is 14.6. The van der Waals surface area contributed by atoms with E-state index in [-0.39, 0.29) is 12.5 Å². The van der Waals surface area contributed by atoms with Gasteiger partial charge in [-0.25, -0.2) is 14.8 Å². The number of hydrogen-bond acceptors (Lipinski definition) is 6. The van der Waals surface area contributed by atoms with Crippen LogP contribution in [0.1, 0.15) is 18.4 Å². The van der Waals surface area contributed by atoms with Gasteiger partial charge in [-0.05, 0) is 25.1 Å². The molecule has 0 spiro atoms. The van der Waals surface area contributed by atoms with E-state index in [1.54, 1.807) is 23.1 Å². The third kappa shape index (κ3) is 3.98. The smallest absolute Gasteiger partial charge is 0.408 e. The molecular formula is C20H22ClN5O3. The van der Waals surface area contributed by atoms with Crippen molar-refractivity contribution in [1.82, 2.24) is 19.4 Å². The van der Waals surface area contributed by atoms with Crippen LogP contribution in [0.5, 0.6) is 0 Å². The average Bonchev–Trinajstić information content (AvgIpc) is 3.02. The fraction of sp³-hybridized carbons (Fsp3) is 0.400. The van der Waals surface area contributed by atoms with E-state index in [1.165, 1.54) is 4.57 Å². The second-order valence-electron chi connectivity index (χ2n) is 7.07. The molecule has 8 nitrogen and oxygen atoms in total. The van der Waals surface area contributed by atoms with Crippen LogP contribution in [0.15, 0.2) is 33.5 Å². The van der Waals surface area contributed by atoms with E-state index in [2.05, 4.69) is 14.9 Å². The van der Waals surface area contributed by atoms with Gasteiger partial charge >= 0.3 is 5.76 Å². The Kier molecular flexibility index (Phi) is 5.27. The summed E-state index contributed by atoms with van der Waals surface area (Å²) in [6, 6.07) is 6.89. The van der Waals surface area contributed by atoms with Gasteiger partial charge in [0.2, 0.25) is 5.91 Å². The Morgan fingerprint density at radius 2 is 1.93 bits per heavy atom. The average molecular weight is 416 g/mol. The SMILES string of the molecule is CCc1nc(C)cc(N2CCN(C(=O)Cn3c(=O)oc4ccc(Cl)cc43)CC2)n1. The molecule has 29 heavy (non-hydrogen) atoms. The van der Waals surface area contributed by atoms with Crippen molar-refractivity contribution in [3.63, 3.8) is 0 Å². The lowest BCUT2D eigenvalue weighted by Gasteiger charge is -2.35. The first-order valence-corrected chi connectivity index (χ1v) is 9.98. The molecule has 3 heterocycles. The number of aromatic nitrogens is 3. The summed E-state index contributed by atoms with van der Waals surface area (Å²) in [6.07, 6.45) is 0.782. The van der Waals surface area contributed by atoms with Crippen LogP contribution in [0.3, 0.4) is 0 Å². The molecule has 1 amide bonds. The van der Waals surface area contributed by atoms with E-state index < -0.39 is 5.76 Å². The highest BCUT2D eigenvalue weighted by atomic mass is 35.5. The second kappa shape index (κ2) is 7.87. The highest BCUT2D eigenvalue weighted by Crippen LogP contribution is 2.19. The van der Waals surface area contributed by atoms with Crippen molar-refractivity contribution in [3.05, 3.63) is 51.4 Å². The summed E-state index contributed by atoms with van der Waals surface area (Å²) in [6.45, 7) is 6.41. The topological polar surface area (TPSA) is 84.5 Å². The number of fused-ring (bicyclic) bond motifs is 1. The Balaban J connectivity index is 1.45. The van der Waals surface area contributed by atoms with Crippen molar-refractivity contribution in [3.8, 4) is 0 Å². The van der Waals surface area contributed by atoms with Crippen LogP contribution >= 0.6 is 11.6 Å². The summed E-state index contributed by atoms with van der Waals surface area (Å²) in [5.74, 6) is 1.04. The van der Waals surface area contributed by atoms with Crippen molar-refractivity contribution in [1.29, 1.82) is 0 Å². The Morgan fingerprint density at radius 1 is 1.17 bits per heavy atom. The summed E-state index contributed by atoms with van der Waals surface area (Å²) in [7, 11) is 0. The highest BCUT2D eigenvalue weighted by Gasteiger charge is 2.24. The van der Waals surface area contributed by atoms with Crippen LogP contribution in [0.2, 0.25) is 5.02 Å². The molecule has 152 valence electrons. The quantitative estimate of drug-likeness (QED) is 0.649. The number of oxazole rings is 1. The van der Waals surface area contributed by atoms with Crippen LogP contribution in [0, 0.1) is 6.92 Å². The molecule has 1 saturated heterocycles. The highest BCUT2D eigenvalue weighted by molar-refractivity contribution is 6.31. The molecule has 3 aromatic rings. The minimum atomic E-state index is -0.558. The minimum absolute atomic E-state index is 0.0707. The van der Waals surface area contributed by atoms with Crippen LogP contribution in [0.25, 0.3) is 11.1 Å². The Hall–Kier alpha value is -2.87. The lowest BCUT2D eigenvalue weighted by molar-refractivity contribution is -0.132. The van der Waals surface area contributed by atoms with Gasteiger partial charge in [0.15, 0.2) is 5.58 Å². The lowest BCUT2D eigenvalue weighted by Crippen LogP contribution is -2.50. The van der Waals surface area contributed by atoms with E-state index in [4.69, 9.17) is 16.0 Å². The van der Waals surface area contributed by atoms with Gasteiger partial charge in [0.05, 0.1) is 5.52 Å². The molecule has 2 aromatic heterocycles. The summed E-state index contributed by atoms with van der Waals surface area (Å²) in [4.78, 5) is 37.9. The second-order valence-corrected chi connectivity index (χ2v) is 7.51. The number of piperazine rings is 1. The van der Waals surface area contributed by atoms with Gasteiger partial charge in [0.1, 0.15) is 18.2 Å². The summed E-state index contributed by atoms with van der Waals surface area (Å²) in [5, 5.41) is 0.486. The molecule has 4 rings (SSSR count). The number of carbonyl (C=O) groups excluding carboxylic acids is 1. The zero-order valence-electron chi connectivity index (χ0n) is 16.4. The molecule has 0 bridgehead atoms. The number of nitrogens with zero attached hydrogens (tertiary/aromatic N) is 5. The number of anilines is 1. The van der Waals surface area contributed by atoms with Crippen molar-refractivity contribution in [2.24, 2.45) is 0 Å². The standard InChI is InChI=1S/C20H22ClN5O3/c1-3-17-22-13(2)10-18(23-17)24-6-8-25(9-7-24)19(27)12-26-15-11-14(21)4-5-16(15)29-20(26)28/h4-5,10-11H,3,6-9,12H2,1-2H3. The molecule has 1 aliphatic heterocycles. The first-order valence-electron chi connectivity index (χ1n) is 9.61. The molecule has 0 N–H and O–H groups in total. The van der Waals surface area contributed by atoms with Crippen molar-refractivity contribution in [2.75, 3.05) is 31.1 Å². The molecular weight excluding hydrogens is 394 g/mol. The van der Waals surface area contributed by atoms with Gasteiger partial charge in [0.25, 0.3) is 0 Å². The van der Waals surface area contributed by atoms with Gasteiger partial charge < -0.3 is 14.2 Å². The van der Waals surface area contributed by atoms with Gasteiger partial charge in [-0.2, -0.15) is 0 Å². The minimum Gasteiger partial charge on any atom is -0.408 e. The molecule has 1 fully saturated rings. The summed E-state index contributed by atoms with van der Waals surface area (Å²) in [5.41, 5.74) is 1.89. The largest absolute Gasteiger partial charge is 0.420 e. The van der Waals surface area contributed by atoms with Crippen LogP contribution in [-0.4, -0.2) is 51.5 Å². The van der Waals surface area contributed by atoms with E-state index in [1.807, 2.05) is 19.9 Å². The molecule has 9 heteroatoms. The van der Waals surface area contributed by atoms with E-state index in [9.17, 15) is 9.59 Å². The fourth-order valence-electron chi connectivity index (χ4n) is 3.54. The van der Waals surface area contributed by atoms with Crippen LogP contribution in [-0.2, 0) is 17.8 Å². The summed E-state index contributed by atoms with van der Waals surface area (Å²) < 4.78 is 6.54. The number of benzene rings is 1. The first-order chi connectivity index (χ1) is 13.9. The van der Waals surface area contributed by atoms with Crippen LogP contribution < -0.4 is 10.7 Å². The van der Waals surface area contributed by atoms with Gasteiger partial charge in [-0.3, -0.25) is 9.36 Å². The summed E-state index contributed by atoms with van der Waals surface area (Å²) >= 11 is 6.02. The zero-order chi connectivity index (χ0) is 20.5. The molecule has 0 aliphatic carbocycles. The fourth-order valence-corrected chi connectivity index (χ4v) is 3.70. The molecule has 0 unspecified atom stereocenters. The lowest BCUT2D eigenvalue weighted by atomic mass is 10.2. The van der Waals surface area contributed by atoms with Gasteiger partial charge in [0, 0.05) is 49.4 Å². The molecule has 1 aromatic carbocycles. The predicted molar refractivity (Wildman–Crippen MR) is 110 cm³/mol. The first kappa shape index (κ1) is 19.4. The Labute approximate surface area is 172 Å². The number of hydrogen-bond donors (Lipinski definition) is 0. The predicted octanol–water partition coefficient (Wildman–Crippen LogP) is 2.26. The Morgan fingerprint density at radius 3 is 2.66 bits per heavy atom. The van der Waals surface area contributed by atoms with E-state index in [0.29, 0.717) is 42.3 Å². The van der Waals surface area contributed by atoms with Crippen LogP contribution in [0.4, 0.5) is 5.82 Å². The number of halogens is 1. The van der Waals surface area contributed by atoms with Crippen molar-refractivity contribution in [2.45, 2.75) is 26.8 Å². The third-order valence-corrected chi connectivity index (χ3v) is 5.32. The van der Waals surface area contributed by atoms with E-state index >= 15 is 0 Å². The molecule has 1 aliphatic rings. The third-order valence-electron chi connectivity index (χ3n) is 5.08. The zero-order valence-corrected chi connectivity index (χ0v) is 17.1. The Bertz CT molecular complexity index is 1110. The molecule has 0 atom stereocenters. The van der Waals surface area contributed by atoms with Gasteiger partial charge in [-0.1, -0.05) is 18.5 Å². The van der Waals surface area contributed by atoms with E-state index in [0.717, 1.165) is 23.8 Å². The molecule has 0 radical (unpaired) electrons. The number of rotatable bonds is 4. The number of amides is 1.